The van der Waals surface area contributed by atoms with Crippen LogP contribution in [-0.2, 0) is 6.54 Å². The van der Waals surface area contributed by atoms with Gasteiger partial charge in [0.1, 0.15) is 6.07 Å². The maximum Gasteiger partial charge on any atom is 0.217 e. The van der Waals surface area contributed by atoms with Gasteiger partial charge in [-0.2, -0.15) is 5.26 Å². The minimum atomic E-state index is 0.354. The Hall–Kier alpha value is -1.64. The quantitative estimate of drug-likeness (QED) is 0.912. The van der Waals surface area contributed by atoms with Crippen LogP contribution in [-0.4, -0.2) is 9.55 Å². The van der Waals surface area contributed by atoms with Gasteiger partial charge < -0.3 is 5.73 Å². The van der Waals surface area contributed by atoms with Crippen molar-refractivity contribution in [2.75, 3.05) is 0 Å². The Kier molecular flexibility index (Phi) is 3.04. The SMILES string of the molecule is N#Cc1nccn1-c1cc(Br)ccc1CN. The van der Waals surface area contributed by atoms with Gasteiger partial charge in [0.2, 0.25) is 5.82 Å². The number of rotatable bonds is 2. The van der Waals surface area contributed by atoms with E-state index < -0.39 is 0 Å². The fourth-order valence-corrected chi connectivity index (χ4v) is 1.86. The van der Waals surface area contributed by atoms with E-state index in [4.69, 9.17) is 11.0 Å². The molecule has 1 heterocycles. The molecule has 0 saturated carbocycles. The highest BCUT2D eigenvalue weighted by atomic mass is 79.9. The number of nitrogens with two attached hydrogens (primary N) is 1. The zero-order valence-corrected chi connectivity index (χ0v) is 9.98. The second-order valence-electron chi connectivity index (χ2n) is 3.21. The summed E-state index contributed by atoms with van der Waals surface area (Å²) in [5, 5.41) is 8.93. The monoisotopic (exact) mass is 276 g/mol. The fraction of sp³-hybridized carbons (Fsp3) is 0.0909. The van der Waals surface area contributed by atoms with Crippen molar-refractivity contribution in [2.45, 2.75) is 6.54 Å². The average Bonchev–Trinajstić information content (AvgIpc) is 2.76. The van der Waals surface area contributed by atoms with Crippen molar-refractivity contribution in [3.05, 3.63) is 46.5 Å². The third-order valence-electron chi connectivity index (χ3n) is 2.27. The summed E-state index contributed by atoms with van der Waals surface area (Å²) in [4.78, 5) is 3.96. The highest BCUT2D eigenvalue weighted by Gasteiger charge is 2.08. The molecular weight excluding hydrogens is 268 g/mol. The number of hydrogen-bond donors (Lipinski definition) is 1. The lowest BCUT2D eigenvalue weighted by atomic mass is 10.2. The maximum absolute atomic E-state index is 8.93. The second-order valence-corrected chi connectivity index (χ2v) is 4.13. The molecule has 2 rings (SSSR count). The van der Waals surface area contributed by atoms with Crippen molar-refractivity contribution in [3.63, 3.8) is 0 Å². The van der Waals surface area contributed by atoms with E-state index in [0.29, 0.717) is 12.4 Å². The van der Waals surface area contributed by atoms with Gasteiger partial charge in [-0.25, -0.2) is 4.98 Å². The van der Waals surface area contributed by atoms with Gasteiger partial charge in [0.15, 0.2) is 0 Å². The molecule has 0 unspecified atom stereocenters. The Morgan fingerprint density at radius 1 is 1.50 bits per heavy atom. The zero-order valence-electron chi connectivity index (χ0n) is 8.39. The Morgan fingerprint density at radius 2 is 2.31 bits per heavy atom. The van der Waals surface area contributed by atoms with Crippen molar-refractivity contribution < 1.29 is 0 Å². The molecule has 4 nitrogen and oxygen atoms in total. The van der Waals surface area contributed by atoms with Gasteiger partial charge in [-0.05, 0) is 17.7 Å². The third kappa shape index (κ3) is 1.85. The largest absolute Gasteiger partial charge is 0.326 e. The van der Waals surface area contributed by atoms with Crippen LogP contribution in [0, 0.1) is 11.3 Å². The van der Waals surface area contributed by atoms with Crippen molar-refractivity contribution in [3.8, 4) is 11.8 Å². The molecular formula is C11H9BrN4. The molecule has 16 heavy (non-hydrogen) atoms. The number of benzene rings is 1. The first kappa shape index (κ1) is 10.9. The molecule has 80 valence electrons. The third-order valence-corrected chi connectivity index (χ3v) is 2.76. The summed E-state index contributed by atoms with van der Waals surface area (Å²) in [6, 6.07) is 7.82. The summed E-state index contributed by atoms with van der Waals surface area (Å²) in [6.45, 7) is 0.422. The first-order valence-corrected chi connectivity index (χ1v) is 5.48. The zero-order chi connectivity index (χ0) is 11.5. The molecule has 0 atom stereocenters. The van der Waals surface area contributed by atoms with Gasteiger partial charge in [0.25, 0.3) is 0 Å². The Bertz CT molecular complexity index is 553. The minimum absolute atomic E-state index is 0.354. The van der Waals surface area contributed by atoms with Gasteiger partial charge in [0.05, 0.1) is 5.69 Å². The van der Waals surface area contributed by atoms with Crippen LogP contribution in [0.4, 0.5) is 0 Å². The Balaban J connectivity index is 2.63. The summed E-state index contributed by atoms with van der Waals surface area (Å²) in [5.74, 6) is 0.354. The van der Waals surface area contributed by atoms with Gasteiger partial charge in [-0.15, -0.1) is 0 Å². The lowest BCUT2D eigenvalue weighted by molar-refractivity contribution is 0.963. The molecule has 5 heteroatoms. The van der Waals surface area contributed by atoms with Crippen LogP contribution >= 0.6 is 15.9 Å². The van der Waals surface area contributed by atoms with Crippen LogP contribution in [0.3, 0.4) is 0 Å². The van der Waals surface area contributed by atoms with Gasteiger partial charge in [-0.1, -0.05) is 22.0 Å². The molecule has 0 saturated heterocycles. The normalized spacial score (nSPS) is 10.1. The van der Waals surface area contributed by atoms with Crippen LogP contribution in [0.25, 0.3) is 5.69 Å². The van der Waals surface area contributed by atoms with Crippen molar-refractivity contribution in [1.29, 1.82) is 5.26 Å². The molecule has 0 aliphatic rings. The molecule has 2 N–H and O–H groups in total. The number of nitrogens with zero attached hydrogens (tertiary/aromatic N) is 3. The number of imidazole rings is 1. The van der Waals surface area contributed by atoms with E-state index in [9.17, 15) is 0 Å². The van der Waals surface area contributed by atoms with Gasteiger partial charge >= 0.3 is 0 Å². The van der Waals surface area contributed by atoms with E-state index in [1.165, 1.54) is 0 Å². The van der Waals surface area contributed by atoms with Crippen molar-refractivity contribution in [1.82, 2.24) is 9.55 Å². The van der Waals surface area contributed by atoms with Crippen molar-refractivity contribution in [2.24, 2.45) is 5.73 Å². The minimum Gasteiger partial charge on any atom is -0.326 e. The molecule has 0 aliphatic heterocycles. The summed E-state index contributed by atoms with van der Waals surface area (Å²) >= 11 is 3.40. The molecule has 0 bridgehead atoms. The molecule has 0 radical (unpaired) electrons. The van der Waals surface area contributed by atoms with Crippen LogP contribution < -0.4 is 5.73 Å². The van der Waals surface area contributed by atoms with Crippen LogP contribution in [0.5, 0.6) is 0 Å². The average molecular weight is 277 g/mol. The molecule has 2 aromatic rings. The van der Waals surface area contributed by atoms with E-state index >= 15 is 0 Å². The predicted molar refractivity (Wildman–Crippen MR) is 63.9 cm³/mol. The van der Waals surface area contributed by atoms with Gasteiger partial charge in [-0.3, -0.25) is 4.57 Å². The molecule has 1 aromatic carbocycles. The fourth-order valence-electron chi connectivity index (χ4n) is 1.51. The van der Waals surface area contributed by atoms with E-state index in [1.807, 2.05) is 24.3 Å². The van der Waals surface area contributed by atoms with E-state index in [0.717, 1.165) is 15.7 Å². The first-order chi connectivity index (χ1) is 7.76. The summed E-state index contributed by atoms with van der Waals surface area (Å²) in [6.07, 6.45) is 3.35. The lowest BCUT2D eigenvalue weighted by Gasteiger charge is -2.09. The lowest BCUT2D eigenvalue weighted by Crippen LogP contribution is -2.05. The van der Waals surface area contributed by atoms with Crippen molar-refractivity contribution >= 4 is 15.9 Å². The number of hydrogen-bond acceptors (Lipinski definition) is 3. The Labute approximate surface area is 101 Å². The highest BCUT2D eigenvalue weighted by Crippen LogP contribution is 2.21. The molecule has 0 amide bonds. The van der Waals surface area contributed by atoms with E-state index in [2.05, 4.69) is 20.9 Å². The van der Waals surface area contributed by atoms with Crippen LogP contribution in [0.15, 0.2) is 35.1 Å². The second kappa shape index (κ2) is 4.47. The number of nitriles is 1. The van der Waals surface area contributed by atoms with Crippen LogP contribution in [0.1, 0.15) is 11.4 Å². The topological polar surface area (TPSA) is 67.6 Å². The molecule has 0 fully saturated rings. The van der Waals surface area contributed by atoms with Gasteiger partial charge in [0, 0.05) is 23.4 Å². The Morgan fingerprint density at radius 3 is 3.00 bits per heavy atom. The summed E-state index contributed by atoms with van der Waals surface area (Å²) in [5.41, 5.74) is 7.52. The maximum atomic E-state index is 8.93. The molecule has 0 spiro atoms. The summed E-state index contributed by atoms with van der Waals surface area (Å²) in [7, 11) is 0. The smallest absolute Gasteiger partial charge is 0.217 e. The van der Waals surface area contributed by atoms with Crippen LogP contribution in [0.2, 0.25) is 0 Å². The first-order valence-electron chi connectivity index (χ1n) is 4.68. The molecule has 0 aliphatic carbocycles. The number of aromatic nitrogens is 2. The number of halogens is 1. The van der Waals surface area contributed by atoms with E-state index in [-0.39, 0.29) is 0 Å². The predicted octanol–water partition coefficient (Wildman–Crippen LogP) is 1.97. The molecule has 1 aromatic heterocycles. The summed E-state index contributed by atoms with van der Waals surface area (Å²) < 4.78 is 2.67. The standard InChI is InChI=1S/C11H9BrN4/c12-9-2-1-8(6-13)10(5-9)16-4-3-15-11(16)7-14/h1-5H,6,13H2. The highest BCUT2D eigenvalue weighted by molar-refractivity contribution is 9.10. The van der Waals surface area contributed by atoms with E-state index in [1.54, 1.807) is 17.0 Å².